The van der Waals surface area contributed by atoms with Gasteiger partial charge in [-0.05, 0) is 64.5 Å². The Morgan fingerprint density at radius 2 is 2.10 bits per heavy atom. The fourth-order valence-electron chi connectivity index (χ4n) is 3.46. The van der Waals surface area contributed by atoms with Crippen LogP contribution in [0.4, 0.5) is 5.82 Å². The molecule has 4 nitrogen and oxygen atoms in total. The summed E-state index contributed by atoms with van der Waals surface area (Å²) in [7, 11) is 0. The summed E-state index contributed by atoms with van der Waals surface area (Å²) >= 11 is 0. The molecule has 1 aromatic rings. The molecule has 2 atom stereocenters. The second-order valence-electron chi connectivity index (χ2n) is 6.25. The Labute approximate surface area is 121 Å². The van der Waals surface area contributed by atoms with Crippen molar-refractivity contribution in [1.29, 1.82) is 0 Å². The zero-order valence-corrected chi connectivity index (χ0v) is 12.5. The first-order valence-corrected chi connectivity index (χ1v) is 8.14. The highest BCUT2D eigenvalue weighted by Crippen LogP contribution is 2.26. The largest absolute Gasteiger partial charge is 0.367 e. The highest BCUT2D eigenvalue weighted by atomic mass is 15.0. The van der Waals surface area contributed by atoms with Gasteiger partial charge in [-0.3, -0.25) is 0 Å². The van der Waals surface area contributed by atoms with Crippen molar-refractivity contribution in [2.45, 2.75) is 57.9 Å². The van der Waals surface area contributed by atoms with Crippen molar-refractivity contribution in [3.8, 4) is 0 Å². The second kappa shape index (κ2) is 6.53. The van der Waals surface area contributed by atoms with Crippen LogP contribution in [-0.4, -0.2) is 29.1 Å². The number of piperidine rings is 1. The van der Waals surface area contributed by atoms with Crippen molar-refractivity contribution in [1.82, 2.24) is 15.3 Å². The Hall–Kier alpha value is -1.16. The summed E-state index contributed by atoms with van der Waals surface area (Å²) in [5.74, 6) is 1.80. The van der Waals surface area contributed by atoms with E-state index in [0.717, 1.165) is 25.2 Å². The molecule has 1 fully saturated rings. The van der Waals surface area contributed by atoms with E-state index in [1.165, 1.54) is 49.9 Å². The smallest absolute Gasteiger partial charge is 0.133 e. The van der Waals surface area contributed by atoms with Crippen LogP contribution in [-0.2, 0) is 12.8 Å². The van der Waals surface area contributed by atoms with Gasteiger partial charge in [-0.15, -0.1) is 0 Å². The number of aryl methyl sites for hydroxylation is 1. The molecule has 1 saturated heterocycles. The Balaban J connectivity index is 1.73. The molecule has 2 heterocycles. The molecule has 20 heavy (non-hydrogen) atoms. The highest BCUT2D eigenvalue weighted by Gasteiger charge is 2.22. The first kappa shape index (κ1) is 13.8. The lowest BCUT2D eigenvalue weighted by Crippen LogP contribution is -2.39. The quantitative estimate of drug-likeness (QED) is 0.832. The number of aromatic nitrogens is 2. The molecule has 1 aliphatic heterocycles. The van der Waals surface area contributed by atoms with Crippen LogP contribution in [0.5, 0.6) is 0 Å². The Kier molecular flexibility index (Phi) is 4.51. The summed E-state index contributed by atoms with van der Waals surface area (Å²) < 4.78 is 0. The summed E-state index contributed by atoms with van der Waals surface area (Å²) in [5.41, 5.74) is 2.65. The van der Waals surface area contributed by atoms with Crippen molar-refractivity contribution < 1.29 is 0 Å². The Morgan fingerprint density at radius 1 is 1.20 bits per heavy atom. The summed E-state index contributed by atoms with van der Waals surface area (Å²) in [6.07, 6.45) is 10.4. The topological polar surface area (TPSA) is 49.8 Å². The number of nitrogens with zero attached hydrogens (tertiary/aromatic N) is 2. The fraction of sp³-hybridized carbons (Fsp3) is 0.750. The number of anilines is 1. The zero-order valence-electron chi connectivity index (χ0n) is 12.5. The summed E-state index contributed by atoms with van der Waals surface area (Å²) in [6, 6.07) is 0.477. The molecule has 2 unspecified atom stereocenters. The molecule has 4 heteroatoms. The molecule has 1 aromatic heterocycles. The van der Waals surface area contributed by atoms with Gasteiger partial charge < -0.3 is 10.6 Å². The molecule has 2 aliphatic rings. The SMILES string of the molecule is CC(Nc1ncnc2c1CCCCC2)C1CCCNC1. The third-order valence-electron chi connectivity index (χ3n) is 4.78. The predicted octanol–water partition coefficient (Wildman–Crippen LogP) is 2.55. The van der Waals surface area contributed by atoms with Crippen LogP contribution in [0.2, 0.25) is 0 Å². The molecule has 2 N–H and O–H groups in total. The van der Waals surface area contributed by atoms with Crippen molar-refractivity contribution in [2.75, 3.05) is 18.4 Å². The summed E-state index contributed by atoms with van der Waals surface area (Å²) in [4.78, 5) is 9.02. The van der Waals surface area contributed by atoms with Gasteiger partial charge in [0, 0.05) is 17.3 Å². The van der Waals surface area contributed by atoms with Crippen molar-refractivity contribution in [3.05, 3.63) is 17.6 Å². The molecule has 3 rings (SSSR count). The van der Waals surface area contributed by atoms with Gasteiger partial charge in [0.2, 0.25) is 0 Å². The third-order valence-corrected chi connectivity index (χ3v) is 4.78. The van der Waals surface area contributed by atoms with Crippen LogP contribution in [0.15, 0.2) is 6.33 Å². The van der Waals surface area contributed by atoms with Gasteiger partial charge >= 0.3 is 0 Å². The van der Waals surface area contributed by atoms with Crippen molar-refractivity contribution in [3.63, 3.8) is 0 Å². The minimum absolute atomic E-state index is 0.477. The molecular formula is C16H26N4. The summed E-state index contributed by atoms with van der Waals surface area (Å²) in [6.45, 7) is 4.59. The van der Waals surface area contributed by atoms with E-state index in [-0.39, 0.29) is 0 Å². The van der Waals surface area contributed by atoms with Crippen LogP contribution < -0.4 is 10.6 Å². The molecule has 110 valence electrons. The minimum Gasteiger partial charge on any atom is -0.367 e. The molecular weight excluding hydrogens is 248 g/mol. The second-order valence-corrected chi connectivity index (χ2v) is 6.25. The van der Waals surface area contributed by atoms with Gasteiger partial charge in [0.25, 0.3) is 0 Å². The number of hydrogen-bond acceptors (Lipinski definition) is 4. The van der Waals surface area contributed by atoms with E-state index in [9.17, 15) is 0 Å². The number of rotatable bonds is 3. The maximum atomic E-state index is 4.53. The standard InChI is InChI=1S/C16H26N4/c1-12(13-6-5-9-17-10-13)20-16-14-7-3-2-4-8-15(14)18-11-19-16/h11-13,17H,2-10H2,1H3,(H,18,19,20). The van der Waals surface area contributed by atoms with Gasteiger partial charge in [0.15, 0.2) is 0 Å². The van der Waals surface area contributed by atoms with E-state index in [1.54, 1.807) is 6.33 Å². The lowest BCUT2D eigenvalue weighted by atomic mass is 9.92. The first-order chi connectivity index (χ1) is 9.84. The summed E-state index contributed by atoms with van der Waals surface area (Å²) in [5, 5.41) is 7.18. The van der Waals surface area contributed by atoms with Crippen LogP contribution in [0.3, 0.4) is 0 Å². The molecule has 0 aromatic carbocycles. The molecule has 0 bridgehead atoms. The lowest BCUT2D eigenvalue weighted by Gasteiger charge is -2.30. The van der Waals surface area contributed by atoms with Gasteiger partial charge in [-0.25, -0.2) is 9.97 Å². The number of nitrogens with one attached hydrogen (secondary N) is 2. The first-order valence-electron chi connectivity index (χ1n) is 8.14. The number of fused-ring (bicyclic) bond motifs is 1. The normalized spacial score (nSPS) is 24.6. The van der Waals surface area contributed by atoms with Gasteiger partial charge in [-0.1, -0.05) is 6.42 Å². The van der Waals surface area contributed by atoms with E-state index in [4.69, 9.17) is 0 Å². The molecule has 0 radical (unpaired) electrons. The average Bonchev–Trinajstić information content (AvgIpc) is 2.74. The van der Waals surface area contributed by atoms with E-state index in [1.807, 2.05) is 0 Å². The minimum atomic E-state index is 0.477. The van der Waals surface area contributed by atoms with Crippen LogP contribution in [0, 0.1) is 5.92 Å². The van der Waals surface area contributed by atoms with Crippen molar-refractivity contribution in [2.24, 2.45) is 5.92 Å². The fourth-order valence-corrected chi connectivity index (χ4v) is 3.46. The average molecular weight is 274 g/mol. The van der Waals surface area contributed by atoms with E-state index < -0.39 is 0 Å². The van der Waals surface area contributed by atoms with E-state index in [2.05, 4.69) is 27.5 Å². The van der Waals surface area contributed by atoms with Gasteiger partial charge in [0.05, 0.1) is 0 Å². The third kappa shape index (κ3) is 3.11. The monoisotopic (exact) mass is 274 g/mol. The van der Waals surface area contributed by atoms with Crippen LogP contribution in [0.25, 0.3) is 0 Å². The molecule has 0 amide bonds. The highest BCUT2D eigenvalue weighted by molar-refractivity contribution is 5.47. The maximum Gasteiger partial charge on any atom is 0.133 e. The van der Waals surface area contributed by atoms with E-state index in [0.29, 0.717) is 12.0 Å². The Morgan fingerprint density at radius 3 is 2.95 bits per heavy atom. The van der Waals surface area contributed by atoms with Gasteiger partial charge in [0.1, 0.15) is 12.1 Å². The van der Waals surface area contributed by atoms with Crippen LogP contribution >= 0.6 is 0 Å². The molecule has 0 spiro atoms. The maximum absolute atomic E-state index is 4.53. The predicted molar refractivity (Wildman–Crippen MR) is 82.0 cm³/mol. The molecule has 0 saturated carbocycles. The molecule has 1 aliphatic carbocycles. The van der Waals surface area contributed by atoms with E-state index >= 15 is 0 Å². The van der Waals surface area contributed by atoms with Crippen molar-refractivity contribution >= 4 is 5.82 Å². The zero-order chi connectivity index (χ0) is 13.8. The van der Waals surface area contributed by atoms with Crippen LogP contribution in [0.1, 0.15) is 50.3 Å². The van der Waals surface area contributed by atoms with Gasteiger partial charge in [-0.2, -0.15) is 0 Å². The lowest BCUT2D eigenvalue weighted by molar-refractivity contribution is 0.346. The Bertz CT molecular complexity index is 440. The number of hydrogen-bond donors (Lipinski definition) is 2.